The maximum atomic E-state index is 3.77. The zero-order valence-electron chi connectivity index (χ0n) is 20.7. The summed E-state index contributed by atoms with van der Waals surface area (Å²) in [6.07, 6.45) is 0. The van der Waals surface area contributed by atoms with Gasteiger partial charge in [0.05, 0.1) is 16.6 Å². The molecule has 0 saturated heterocycles. The fraction of sp³-hybridized carbons (Fsp3) is 0. The van der Waals surface area contributed by atoms with Crippen molar-refractivity contribution in [2.75, 3.05) is 0 Å². The number of H-pyrrole nitrogens is 1. The average Bonchev–Trinajstić information content (AvgIpc) is 3.53. The van der Waals surface area contributed by atoms with Crippen LogP contribution in [-0.2, 0) is 0 Å². The van der Waals surface area contributed by atoms with E-state index in [4.69, 9.17) is 0 Å². The third-order valence-electron chi connectivity index (χ3n) is 7.73. The summed E-state index contributed by atoms with van der Waals surface area (Å²) in [6.45, 7) is 0. The monoisotopic (exact) mass is 484 g/mol. The first-order chi connectivity index (χ1) is 18.8. The largest absolute Gasteiger partial charge is 0.353 e. The van der Waals surface area contributed by atoms with Gasteiger partial charge in [-0.1, -0.05) is 115 Å². The number of rotatable bonds is 3. The molecule has 178 valence electrons. The zero-order chi connectivity index (χ0) is 25.1. The number of aromatic amines is 1. The molecule has 2 heteroatoms. The van der Waals surface area contributed by atoms with Crippen LogP contribution < -0.4 is 0 Å². The maximum Gasteiger partial charge on any atom is 0.0798 e. The standard InChI is InChI=1S/C36H24N2/c1-3-9-24(10-4-1)26-15-19-29(20-16-26)38-35-30-14-8-7-13-27(30)17-21-31(35)34-36(38)32-23-28(18-22-33(32)37-34)25-11-5-2-6-12-25/h1-23,37H. The van der Waals surface area contributed by atoms with Gasteiger partial charge in [-0.2, -0.15) is 0 Å². The van der Waals surface area contributed by atoms with Crippen molar-refractivity contribution < 1.29 is 0 Å². The quantitative estimate of drug-likeness (QED) is 0.258. The first kappa shape index (κ1) is 21.0. The number of hydrogen-bond donors (Lipinski definition) is 1. The molecule has 2 heterocycles. The molecule has 0 amide bonds. The molecule has 0 radical (unpaired) electrons. The number of nitrogens with zero attached hydrogens (tertiary/aromatic N) is 1. The lowest BCUT2D eigenvalue weighted by atomic mass is 10.0. The third kappa shape index (κ3) is 3.14. The Hall–Kier alpha value is -5.08. The van der Waals surface area contributed by atoms with E-state index in [1.54, 1.807) is 0 Å². The number of fused-ring (bicyclic) bond motifs is 7. The summed E-state index contributed by atoms with van der Waals surface area (Å²) < 4.78 is 2.45. The van der Waals surface area contributed by atoms with Crippen LogP contribution in [0.4, 0.5) is 0 Å². The molecule has 8 rings (SSSR count). The highest BCUT2D eigenvalue weighted by Gasteiger charge is 2.19. The van der Waals surface area contributed by atoms with E-state index in [0.29, 0.717) is 0 Å². The normalized spacial score (nSPS) is 11.7. The van der Waals surface area contributed by atoms with E-state index in [-0.39, 0.29) is 0 Å². The minimum atomic E-state index is 1.15. The Morgan fingerprint density at radius 1 is 0.421 bits per heavy atom. The van der Waals surface area contributed by atoms with Crippen molar-refractivity contribution in [3.05, 3.63) is 140 Å². The summed E-state index contributed by atoms with van der Waals surface area (Å²) >= 11 is 0. The van der Waals surface area contributed by atoms with Crippen molar-refractivity contribution >= 4 is 43.6 Å². The summed E-state index contributed by atoms with van der Waals surface area (Å²) in [5.41, 5.74) is 10.8. The van der Waals surface area contributed by atoms with Crippen LogP contribution in [0, 0.1) is 0 Å². The van der Waals surface area contributed by atoms with Crippen molar-refractivity contribution in [3.8, 4) is 27.9 Å². The predicted molar refractivity (Wildman–Crippen MR) is 161 cm³/mol. The summed E-state index contributed by atoms with van der Waals surface area (Å²) in [5, 5.41) is 4.97. The highest BCUT2D eigenvalue weighted by atomic mass is 15.0. The van der Waals surface area contributed by atoms with Crippen LogP contribution in [0.25, 0.3) is 71.6 Å². The van der Waals surface area contributed by atoms with Gasteiger partial charge in [-0.15, -0.1) is 0 Å². The number of benzene rings is 6. The van der Waals surface area contributed by atoms with Gasteiger partial charge < -0.3 is 9.55 Å². The van der Waals surface area contributed by atoms with Gasteiger partial charge in [-0.3, -0.25) is 0 Å². The van der Waals surface area contributed by atoms with Gasteiger partial charge in [-0.25, -0.2) is 0 Å². The third-order valence-corrected chi connectivity index (χ3v) is 7.73. The summed E-state index contributed by atoms with van der Waals surface area (Å²) in [5.74, 6) is 0. The Morgan fingerprint density at radius 3 is 1.82 bits per heavy atom. The smallest absolute Gasteiger partial charge is 0.0798 e. The first-order valence-electron chi connectivity index (χ1n) is 13.0. The molecule has 8 aromatic rings. The molecular weight excluding hydrogens is 460 g/mol. The van der Waals surface area contributed by atoms with Crippen LogP contribution in [0.15, 0.2) is 140 Å². The molecule has 6 aromatic carbocycles. The lowest BCUT2D eigenvalue weighted by Gasteiger charge is -2.12. The number of nitrogens with one attached hydrogen (secondary N) is 1. The SMILES string of the molecule is c1ccc(-c2ccc(-n3c4c5ccccc5ccc4c4[nH]c5ccc(-c6ccccc6)cc5c43)cc2)cc1. The van der Waals surface area contributed by atoms with Gasteiger partial charge in [0, 0.05) is 27.4 Å². The van der Waals surface area contributed by atoms with Gasteiger partial charge in [-0.05, 0) is 51.9 Å². The molecular formula is C36H24N2. The van der Waals surface area contributed by atoms with Crippen LogP contribution in [0.1, 0.15) is 0 Å². The molecule has 0 aliphatic rings. The van der Waals surface area contributed by atoms with Crippen molar-refractivity contribution in [1.29, 1.82) is 0 Å². The second-order valence-corrected chi connectivity index (χ2v) is 9.91. The van der Waals surface area contributed by atoms with Crippen molar-refractivity contribution in [2.24, 2.45) is 0 Å². The Morgan fingerprint density at radius 2 is 1.05 bits per heavy atom. The highest BCUT2D eigenvalue weighted by molar-refractivity contribution is 6.23. The van der Waals surface area contributed by atoms with E-state index < -0.39 is 0 Å². The minimum Gasteiger partial charge on any atom is -0.353 e. The molecule has 1 N–H and O–H groups in total. The zero-order valence-corrected chi connectivity index (χ0v) is 20.7. The first-order valence-corrected chi connectivity index (χ1v) is 13.0. The maximum absolute atomic E-state index is 3.77. The average molecular weight is 485 g/mol. The fourth-order valence-corrected chi connectivity index (χ4v) is 5.92. The highest BCUT2D eigenvalue weighted by Crippen LogP contribution is 2.41. The van der Waals surface area contributed by atoms with Crippen molar-refractivity contribution in [1.82, 2.24) is 9.55 Å². The van der Waals surface area contributed by atoms with Crippen LogP contribution in [0.5, 0.6) is 0 Å². The molecule has 0 aliphatic heterocycles. The van der Waals surface area contributed by atoms with E-state index in [1.807, 2.05) is 0 Å². The molecule has 0 fully saturated rings. The van der Waals surface area contributed by atoms with Crippen LogP contribution in [0.2, 0.25) is 0 Å². The molecule has 0 unspecified atom stereocenters. The summed E-state index contributed by atoms with van der Waals surface area (Å²) in [7, 11) is 0. The Labute approximate surface area is 220 Å². The van der Waals surface area contributed by atoms with Crippen molar-refractivity contribution in [2.45, 2.75) is 0 Å². The molecule has 0 spiro atoms. The van der Waals surface area contributed by atoms with Gasteiger partial charge >= 0.3 is 0 Å². The molecule has 2 aromatic heterocycles. The van der Waals surface area contributed by atoms with E-state index in [1.165, 1.54) is 60.3 Å². The predicted octanol–water partition coefficient (Wildman–Crippen LogP) is 9.75. The van der Waals surface area contributed by atoms with Gasteiger partial charge in [0.25, 0.3) is 0 Å². The molecule has 38 heavy (non-hydrogen) atoms. The molecule has 0 saturated carbocycles. The molecule has 0 atom stereocenters. The lowest BCUT2D eigenvalue weighted by Crippen LogP contribution is -1.95. The Kier molecular flexibility index (Phi) is 4.55. The van der Waals surface area contributed by atoms with Gasteiger partial charge in [0.1, 0.15) is 0 Å². The van der Waals surface area contributed by atoms with Gasteiger partial charge in [0.2, 0.25) is 0 Å². The fourth-order valence-electron chi connectivity index (χ4n) is 5.92. The van der Waals surface area contributed by atoms with Crippen LogP contribution >= 0.6 is 0 Å². The van der Waals surface area contributed by atoms with E-state index in [0.717, 1.165) is 11.2 Å². The van der Waals surface area contributed by atoms with Crippen LogP contribution in [0.3, 0.4) is 0 Å². The summed E-state index contributed by atoms with van der Waals surface area (Å²) in [4.78, 5) is 3.77. The lowest BCUT2D eigenvalue weighted by molar-refractivity contribution is 1.19. The Bertz CT molecular complexity index is 2100. The van der Waals surface area contributed by atoms with E-state index in [2.05, 4.69) is 149 Å². The number of aromatic nitrogens is 2. The minimum absolute atomic E-state index is 1.15. The number of hydrogen-bond acceptors (Lipinski definition) is 0. The summed E-state index contributed by atoms with van der Waals surface area (Å²) in [6, 6.07) is 50.1. The molecule has 0 bridgehead atoms. The molecule has 0 aliphatic carbocycles. The van der Waals surface area contributed by atoms with Gasteiger partial charge in [0.15, 0.2) is 0 Å². The van der Waals surface area contributed by atoms with E-state index in [9.17, 15) is 0 Å². The topological polar surface area (TPSA) is 20.7 Å². The van der Waals surface area contributed by atoms with Crippen molar-refractivity contribution in [3.63, 3.8) is 0 Å². The Balaban J connectivity index is 1.46. The van der Waals surface area contributed by atoms with E-state index >= 15 is 0 Å². The van der Waals surface area contributed by atoms with Crippen LogP contribution in [-0.4, -0.2) is 9.55 Å². The second-order valence-electron chi connectivity index (χ2n) is 9.91. The second kappa shape index (κ2) is 8.22. The molecule has 2 nitrogen and oxygen atoms in total.